The summed E-state index contributed by atoms with van der Waals surface area (Å²) in [6.45, 7) is 0.730. The molecule has 0 radical (unpaired) electrons. The Morgan fingerprint density at radius 3 is 2.58 bits per heavy atom. The highest BCUT2D eigenvalue weighted by molar-refractivity contribution is 5.96. The molecule has 2 unspecified atom stereocenters. The van der Waals surface area contributed by atoms with Gasteiger partial charge in [0, 0.05) is 18.9 Å². The number of carbonyl (C=O) groups excluding carboxylic acids is 1. The van der Waals surface area contributed by atoms with Crippen LogP contribution in [0.4, 0.5) is 10.1 Å². The molecule has 1 saturated heterocycles. The number of aliphatic hydroxyl groups is 1. The molecule has 0 spiro atoms. The molecule has 1 amide bonds. The highest BCUT2D eigenvalue weighted by Gasteiger charge is 2.36. The molecular formula is C26H24FN3O3. The van der Waals surface area contributed by atoms with Crippen molar-refractivity contribution in [2.24, 2.45) is 0 Å². The number of carbonyl (C=O) groups is 1. The van der Waals surface area contributed by atoms with Crippen LogP contribution in [0.25, 0.3) is 11.0 Å². The number of benzene rings is 3. The molecule has 1 fully saturated rings. The van der Waals surface area contributed by atoms with E-state index in [9.17, 15) is 14.3 Å². The lowest BCUT2D eigenvalue weighted by molar-refractivity contribution is -0.117. The molecule has 7 heteroatoms. The molecule has 2 atom stereocenters. The quantitative estimate of drug-likeness (QED) is 0.464. The predicted octanol–water partition coefficient (Wildman–Crippen LogP) is 4.14. The molecule has 5 rings (SSSR count). The van der Waals surface area contributed by atoms with Gasteiger partial charge in [-0.2, -0.15) is 0 Å². The van der Waals surface area contributed by atoms with E-state index < -0.39 is 11.9 Å². The van der Waals surface area contributed by atoms with Gasteiger partial charge in [0.1, 0.15) is 30.1 Å². The van der Waals surface area contributed by atoms with Crippen molar-refractivity contribution < 1.29 is 19.0 Å². The maximum Gasteiger partial charge on any atom is 0.227 e. The molecule has 1 aliphatic rings. The van der Waals surface area contributed by atoms with Gasteiger partial charge in [0.2, 0.25) is 5.91 Å². The predicted molar refractivity (Wildman–Crippen MR) is 124 cm³/mol. The molecule has 168 valence electrons. The number of hydrogen-bond donors (Lipinski definition) is 1. The van der Waals surface area contributed by atoms with Crippen molar-refractivity contribution >= 4 is 22.6 Å². The minimum Gasteiger partial charge on any atom is -0.491 e. The third kappa shape index (κ3) is 4.32. The standard InChI is InChI=1S/C26H24FN3O3/c27-21-10-4-6-12-23(21)29-15-18(14-25(29)32)26-28-22-11-5-7-13-24(22)30(26)16-19(31)17-33-20-8-2-1-3-9-20/h1-13,18-19,31H,14-17H2. The molecule has 6 nitrogen and oxygen atoms in total. The van der Waals surface area contributed by atoms with Crippen LogP contribution in [-0.4, -0.2) is 39.8 Å². The van der Waals surface area contributed by atoms with E-state index in [-0.39, 0.29) is 37.1 Å². The van der Waals surface area contributed by atoms with Crippen molar-refractivity contribution in [1.82, 2.24) is 9.55 Å². The molecule has 2 heterocycles. The van der Waals surface area contributed by atoms with E-state index in [0.717, 1.165) is 11.0 Å². The first kappa shape index (κ1) is 21.2. The van der Waals surface area contributed by atoms with Crippen LogP contribution in [-0.2, 0) is 11.3 Å². The average molecular weight is 445 g/mol. The SMILES string of the molecule is O=C1CC(c2nc3ccccc3n2CC(O)COc2ccccc2)CN1c1ccccc1F. The van der Waals surface area contributed by atoms with E-state index in [1.165, 1.54) is 11.0 Å². The molecule has 0 saturated carbocycles. The molecule has 1 aliphatic heterocycles. The lowest BCUT2D eigenvalue weighted by Crippen LogP contribution is -2.27. The van der Waals surface area contributed by atoms with E-state index in [4.69, 9.17) is 9.72 Å². The highest BCUT2D eigenvalue weighted by Crippen LogP contribution is 2.34. The minimum atomic E-state index is -0.777. The number of nitrogens with zero attached hydrogens (tertiary/aromatic N) is 3. The van der Waals surface area contributed by atoms with Crippen molar-refractivity contribution in [3.8, 4) is 5.75 Å². The maximum absolute atomic E-state index is 14.3. The molecule has 1 N–H and O–H groups in total. The monoisotopic (exact) mass is 445 g/mol. The number of imidazole rings is 1. The van der Waals surface area contributed by atoms with Crippen LogP contribution >= 0.6 is 0 Å². The van der Waals surface area contributed by atoms with Crippen molar-refractivity contribution in [3.63, 3.8) is 0 Å². The first-order valence-corrected chi connectivity index (χ1v) is 11.0. The highest BCUT2D eigenvalue weighted by atomic mass is 19.1. The van der Waals surface area contributed by atoms with Crippen LogP contribution in [0.3, 0.4) is 0 Å². The molecule has 33 heavy (non-hydrogen) atoms. The summed E-state index contributed by atoms with van der Waals surface area (Å²) in [6, 6.07) is 23.3. The number of para-hydroxylation sites is 4. The average Bonchev–Trinajstić information content (AvgIpc) is 3.39. The second kappa shape index (κ2) is 9.03. The van der Waals surface area contributed by atoms with E-state index in [0.29, 0.717) is 18.1 Å². The zero-order chi connectivity index (χ0) is 22.8. The summed E-state index contributed by atoms with van der Waals surface area (Å²) >= 11 is 0. The van der Waals surface area contributed by atoms with Crippen molar-refractivity contribution in [1.29, 1.82) is 0 Å². The largest absolute Gasteiger partial charge is 0.491 e. The summed E-state index contributed by atoms with van der Waals surface area (Å²) < 4.78 is 22.0. The van der Waals surface area contributed by atoms with E-state index in [1.807, 2.05) is 59.2 Å². The van der Waals surface area contributed by atoms with E-state index >= 15 is 0 Å². The number of ether oxygens (including phenoxy) is 1. The fraction of sp³-hybridized carbons (Fsp3) is 0.231. The number of fused-ring (bicyclic) bond motifs is 1. The van der Waals surface area contributed by atoms with E-state index in [2.05, 4.69) is 0 Å². The summed E-state index contributed by atoms with van der Waals surface area (Å²) in [5.74, 6) is 0.619. The fourth-order valence-corrected chi connectivity index (χ4v) is 4.35. The lowest BCUT2D eigenvalue weighted by Gasteiger charge is -2.19. The number of anilines is 1. The van der Waals surface area contributed by atoms with Gasteiger partial charge >= 0.3 is 0 Å². The number of rotatable bonds is 7. The van der Waals surface area contributed by atoms with Crippen LogP contribution in [0.2, 0.25) is 0 Å². The van der Waals surface area contributed by atoms with Gasteiger partial charge < -0.3 is 19.3 Å². The van der Waals surface area contributed by atoms with Gasteiger partial charge in [0.25, 0.3) is 0 Å². The van der Waals surface area contributed by atoms with Gasteiger partial charge in [0.15, 0.2) is 0 Å². The Bertz CT molecular complexity index is 1270. The summed E-state index contributed by atoms with van der Waals surface area (Å²) in [5, 5.41) is 10.7. The van der Waals surface area contributed by atoms with Crippen LogP contribution in [0.1, 0.15) is 18.2 Å². The minimum absolute atomic E-state index is 0.126. The van der Waals surface area contributed by atoms with Gasteiger partial charge in [-0.15, -0.1) is 0 Å². The first-order valence-electron chi connectivity index (χ1n) is 11.0. The molecule has 3 aromatic carbocycles. The van der Waals surface area contributed by atoms with Gasteiger partial charge in [-0.3, -0.25) is 4.79 Å². The van der Waals surface area contributed by atoms with Gasteiger partial charge in [-0.1, -0.05) is 42.5 Å². The van der Waals surface area contributed by atoms with Crippen LogP contribution in [0, 0.1) is 5.82 Å². The Hall–Kier alpha value is -3.71. The Labute approximate surface area is 190 Å². The molecule has 0 bridgehead atoms. The molecule has 4 aromatic rings. The zero-order valence-corrected chi connectivity index (χ0v) is 18.0. The van der Waals surface area contributed by atoms with Crippen molar-refractivity contribution in [2.45, 2.75) is 25.0 Å². The van der Waals surface area contributed by atoms with Crippen LogP contribution in [0.15, 0.2) is 78.9 Å². The molecule has 0 aliphatic carbocycles. The third-order valence-corrected chi connectivity index (χ3v) is 5.90. The second-order valence-corrected chi connectivity index (χ2v) is 8.20. The van der Waals surface area contributed by atoms with Crippen LogP contribution < -0.4 is 9.64 Å². The Morgan fingerprint density at radius 2 is 1.76 bits per heavy atom. The van der Waals surface area contributed by atoms with Gasteiger partial charge in [0.05, 0.1) is 23.3 Å². The topological polar surface area (TPSA) is 67.6 Å². The van der Waals surface area contributed by atoms with E-state index in [1.54, 1.807) is 18.2 Å². The first-order chi connectivity index (χ1) is 16.1. The summed E-state index contributed by atoms with van der Waals surface area (Å²) in [4.78, 5) is 19.0. The Kier molecular flexibility index (Phi) is 5.79. The lowest BCUT2D eigenvalue weighted by atomic mass is 10.1. The third-order valence-electron chi connectivity index (χ3n) is 5.90. The summed E-state index contributed by atoms with van der Waals surface area (Å²) in [6.07, 6.45) is -0.546. The van der Waals surface area contributed by atoms with Crippen molar-refractivity contribution in [2.75, 3.05) is 18.1 Å². The Balaban J connectivity index is 1.40. The van der Waals surface area contributed by atoms with Crippen molar-refractivity contribution in [3.05, 3.63) is 90.5 Å². The number of aliphatic hydroxyl groups excluding tert-OH is 1. The number of halogens is 1. The number of aromatic nitrogens is 2. The fourth-order valence-electron chi connectivity index (χ4n) is 4.35. The smallest absolute Gasteiger partial charge is 0.227 e. The molecule has 1 aromatic heterocycles. The van der Waals surface area contributed by atoms with Gasteiger partial charge in [-0.25, -0.2) is 9.37 Å². The van der Waals surface area contributed by atoms with Gasteiger partial charge in [-0.05, 0) is 36.4 Å². The number of amides is 1. The van der Waals surface area contributed by atoms with Crippen LogP contribution in [0.5, 0.6) is 5.75 Å². The zero-order valence-electron chi connectivity index (χ0n) is 18.0. The molecular weight excluding hydrogens is 421 g/mol. The maximum atomic E-state index is 14.3. The number of hydrogen-bond acceptors (Lipinski definition) is 4. The summed E-state index contributed by atoms with van der Waals surface area (Å²) in [5.41, 5.74) is 1.95. The summed E-state index contributed by atoms with van der Waals surface area (Å²) in [7, 11) is 0. The normalized spacial score (nSPS) is 17.0. The second-order valence-electron chi connectivity index (χ2n) is 8.20. The Morgan fingerprint density at radius 1 is 1.03 bits per heavy atom.